The number of carbonyl (C=O) groups is 2. The number of unbranched alkanes of at least 4 members (excludes halogenated alkanes) is 14. The Labute approximate surface area is 166 Å². The molecule has 2 N–H and O–H groups in total. The molecule has 0 rings (SSSR count). The van der Waals surface area contributed by atoms with Gasteiger partial charge in [-0.2, -0.15) is 12.6 Å². The molecule has 0 aromatic rings. The molecule has 0 unspecified atom stereocenters. The first kappa shape index (κ1) is 27.5. The van der Waals surface area contributed by atoms with E-state index < -0.39 is 11.9 Å². The monoisotopic (exact) mass is 390 g/mol. The zero-order valence-corrected chi connectivity index (χ0v) is 17.8. The van der Waals surface area contributed by atoms with Crippen LogP contribution in [0.4, 0.5) is 0 Å². The maximum absolute atomic E-state index is 10.3. The molecule has 0 fully saturated rings. The van der Waals surface area contributed by atoms with Gasteiger partial charge in [0.05, 0.1) is 6.42 Å². The van der Waals surface area contributed by atoms with Crippen LogP contribution in [0.2, 0.25) is 0 Å². The highest BCUT2D eigenvalue weighted by Crippen LogP contribution is 2.13. The molecule has 4 nitrogen and oxygen atoms in total. The van der Waals surface area contributed by atoms with Crippen LogP contribution in [0.15, 0.2) is 0 Å². The molecule has 0 radical (unpaired) electrons. The molecule has 0 atom stereocenters. The maximum Gasteiger partial charge on any atom is 0.304 e. The molecule has 0 aliphatic carbocycles. The topological polar surface area (TPSA) is 74.6 Å². The number of aliphatic carboxylic acids is 2. The minimum Gasteiger partial charge on any atom is -0.481 e. The number of carboxylic acid groups (broad SMARTS) is 2. The van der Waals surface area contributed by atoms with Crippen molar-refractivity contribution >= 4 is 24.6 Å². The Morgan fingerprint density at radius 2 is 0.885 bits per heavy atom. The molecule has 0 spiro atoms. The van der Waals surface area contributed by atoms with E-state index in [2.05, 4.69) is 19.6 Å². The molecular formula is C21H42O4S. The van der Waals surface area contributed by atoms with Gasteiger partial charge in [-0.05, 0) is 6.42 Å². The summed E-state index contributed by atoms with van der Waals surface area (Å²) >= 11 is 3.68. The van der Waals surface area contributed by atoms with Gasteiger partial charge in [-0.15, -0.1) is 0 Å². The molecule has 156 valence electrons. The van der Waals surface area contributed by atoms with Crippen molar-refractivity contribution < 1.29 is 19.8 Å². The second-order valence-electron chi connectivity index (χ2n) is 6.96. The Balaban J connectivity index is 0. The third-order valence-corrected chi connectivity index (χ3v) is 4.54. The van der Waals surface area contributed by atoms with Crippen LogP contribution in [0.1, 0.15) is 116 Å². The second kappa shape index (κ2) is 24.3. The highest BCUT2D eigenvalue weighted by atomic mass is 32.1. The first-order chi connectivity index (χ1) is 12.5. The van der Waals surface area contributed by atoms with Gasteiger partial charge in [0.25, 0.3) is 0 Å². The summed E-state index contributed by atoms with van der Waals surface area (Å²) in [5, 5.41) is 16.4. The van der Waals surface area contributed by atoms with Crippen molar-refractivity contribution in [3.05, 3.63) is 0 Å². The van der Waals surface area contributed by atoms with Gasteiger partial charge in [-0.1, -0.05) is 96.8 Å². The average molecular weight is 391 g/mol. The van der Waals surface area contributed by atoms with E-state index in [1.807, 2.05) is 0 Å². The van der Waals surface area contributed by atoms with Crippen molar-refractivity contribution in [2.75, 3.05) is 5.75 Å². The fraction of sp³-hybridized carbons (Fsp3) is 0.905. The normalized spacial score (nSPS) is 10.2. The Morgan fingerprint density at radius 1 is 0.577 bits per heavy atom. The Morgan fingerprint density at radius 3 is 1.12 bits per heavy atom. The summed E-state index contributed by atoms with van der Waals surface area (Å²) in [5.41, 5.74) is 0. The van der Waals surface area contributed by atoms with Crippen molar-refractivity contribution in [3.63, 3.8) is 0 Å². The Hall–Kier alpha value is -0.710. The lowest BCUT2D eigenvalue weighted by Crippen LogP contribution is -1.93. The Bertz CT molecular complexity index is 308. The zero-order valence-electron chi connectivity index (χ0n) is 16.9. The van der Waals surface area contributed by atoms with Gasteiger partial charge in [0.2, 0.25) is 0 Å². The van der Waals surface area contributed by atoms with E-state index in [-0.39, 0.29) is 6.42 Å². The lowest BCUT2D eigenvalue weighted by atomic mass is 10.0. The number of thiol groups is 1. The largest absolute Gasteiger partial charge is 0.481 e. The van der Waals surface area contributed by atoms with Crippen LogP contribution in [-0.2, 0) is 9.59 Å². The van der Waals surface area contributed by atoms with E-state index in [0.29, 0.717) is 12.2 Å². The molecular weight excluding hydrogens is 348 g/mol. The lowest BCUT2D eigenvalue weighted by molar-refractivity contribution is -0.137. The molecule has 0 bridgehead atoms. The van der Waals surface area contributed by atoms with Crippen molar-refractivity contribution in [2.45, 2.75) is 116 Å². The number of hydrogen-bond acceptors (Lipinski definition) is 3. The molecule has 0 aliphatic heterocycles. The minimum absolute atomic E-state index is 0.156. The second-order valence-corrected chi connectivity index (χ2v) is 7.41. The smallest absolute Gasteiger partial charge is 0.304 e. The molecule has 0 saturated heterocycles. The third-order valence-electron chi connectivity index (χ3n) is 4.32. The summed E-state index contributed by atoms with van der Waals surface area (Å²) < 4.78 is 0. The van der Waals surface area contributed by atoms with E-state index >= 15 is 0 Å². The molecule has 0 aromatic heterocycles. The maximum atomic E-state index is 10.3. The molecule has 0 heterocycles. The Kier molecular flexibility index (Phi) is 25.7. The molecule has 0 aliphatic rings. The van der Waals surface area contributed by atoms with Crippen LogP contribution in [0.25, 0.3) is 0 Å². The summed E-state index contributed by atoms with van der Waals surface area (Å²) in [6, 6.07) is 0. The van der Waals surface area contributed by atoms with Crippen LogP contribution in [-0.4, -0.2) is 27.9 Å². The molecule has 0 amide bonds. The number of rotatable bonds is 18. The van der Waals surface area contributed by atoms with Crippen LogP contribution in [0.5, 0.6) is 0 Å². The van der Waals surface area contributed by atoms with Gasteiger partial charge in [-0.3, -0.25) is 9.59 Å². The first-order valence-corrected chi connectivity index (χ1v) is 11.2. The number of carboxylic acids is 2. The molecule has 0 saturated carbocycles. The van der Waals surface area contributed by atoms with E-state index in [1.165, 1.54) is 83.5 Å². The van der Waals surface area contributed by atoms with Crippen molar-refractivity contribution in [3.8, 4) is 0 Å². The van der Waals surface area contributed by atoms with Crippen LogP contribution >= 0.6 is 12.6 Å². The van der Waals surface area contributed by atoms with E-state index in [0.717, 1.165) is 12.8 Å². The van der Waals surface area contributed by atoms with Gasteiger partial charge in [0.1, 0.15) is 0 Å². The summed E-state index contributed by atoms with van der Waals surface area (Å²) in [6.45, 7) is 2.27. The van der Waals surface area contributed by atoms with E-state index in [9.17, 15) is 9.59 Å². The van der Waals surface area contributed by atoms with E-state index in [4.69, 9.17) is 10.2 Å². The van der Waals surface area contributed by atoms with Crippen molar-refractivity contribution in [2.24, 2.45) is 0 Å². The molecule has 5 heteroatoms. The van der Waals surface area contributed by atoms with Crippen LogP contribution in [0.3, 0.4) is 0 Å². The standard InChI is InChI=1S/C18H36O2.C3H6O2S/c1-2-3-4-5-6-7-8-9-10-11-12-13-14-15-16-17-18(19)20;4-3(5)1-2-6/h2-17H2,1H3,(H,19,20);6H,1-2H2,(H,4,5). The van der Waals surface area contributed by atoms with Crippen molar-refractivity contribution in [1.82, 2.24) is 0 Å². The predicted molar refractivity (Wildman–Crippen MR) is 113 cm³/mol. The van der Waals surface area contributed by atoms with E-state index in [1.54, 1.807) is 0 Å². The van der Waals surface area contributed by atoms with Gasteiger partial charge in [-0.25, -0.2) is 0 Å². The fourth-order valence-corrected chi connectivity index (χ4v) is 2.93. The van der Waals surface area contributed by atoms with Gasteiger partial charge in [0, 0.05) is 12.2 Å². The van der Waals surface area contributed by atoms with Gasteiger partial charge in [0.15, 0.2) is 0 Å². The van der Waals surface area contributed by atoms with Gasteiger partial charge < -0.3 is 10.2 Å². The average Bonchev–Trinajstić information content (AvgIpc) is 2.58. The highest BCUT2D eigenvalue weighted by molar-refractivity contribution is 7.80. The first-order valence-electron chi connectivity index (χ1n) is 10.6. The fourth-order valence-electron chi connectivity index (χ4n) is 2.74. The summed E-state index contributed by atoms with van der Waals surface area (Å²) in [4.78, 5) is 19.9. The highest BCUT2D eigenvalue weighted by Gasteiger charge is 1.97. The third kappa shape index (κ3) is 31.1. The molecule has 26 heavy (non-hydrogen) atoms. The SMILES string of the molecule is CCCCCCCCCCCCCCCCCC(=O)O.O=C(O)CCS. The summed E-state index contributed by atoms with van der Waals surface area (Å²) in [5.74, 6) is -1.01. The van der Waals surface area contributed by atoms with Crippen LogP contribution in [0, 0.1) is 0 Å². The minimum atomic E-state index is -0.787. The zero-order chi connectivity index (χ0) is 19.9. The molecule has 0 aromatic carbocycles. The summed E-state index contributed by atoms with van der Waals surface area (Å²) in [6.07, 6.45) is 20.4. The predicted octanol–water partition coefficient (Wildman–Crippen LogP) is 6.72. The quantitative estimate of drug-likeness (QED) is 0.179. The summed E-state index contributed by atoms with van der Waals surface area (Å²) in [7, 11) is 0. The van der Waals surface area contributed by atoms with Crippen LogP contribution < -0.4 is 0 Å². The van der Waals surface area contributed by atoms with Gasteiger partial charge >= 0.3 is 11.9 Å². The lowest BCUT2D eigenvalue weighted by Gasteiger charge is -2.03. The van der Waals surface area contributed by atoms with Crippen molar-refractivity contribution in [1.29, 1.82) is 0 Å². The number of hydrogen-bond donors (Lipinski definition) is 3.